The Kier molecular flexibility index (Phi) is 2.37. The normalized spacial score (nSPS) is 32.8. The molecule has 2 aliphatic rings. The summed E-state index contributed by atoms with van der Waals surface area (Å²) in [6.45, 7) is 7.15. The first-order chi connectivity index (χ1) is 6.07. The fourth-order valence-corrected chi connectivity index (χ4v) is 2.37. The monoisotopic (exact) mass is 182 g/mol. The van der Waals surface area contributed by atoms with E-state index in [1.807, 2.05) is 0 Å². The number of nitrogens with one attached hydrogen (secondary N) is 1. The number of hydrogen-bond acceptors (Lipinski definition) is 2. The van der Waals surface area contributed by atoms with E-state index in [-0.39, 0.29) is 0 Å². The van der Waals surface area contributed by atoms with Crippen molar-refractivity contribution in [1.82, 2.24) is 10.2 Å². The number of likely N-dealkylation sites (N-methyl/N-ethyl adjacent to an activating group) is 1. The Morgan fingerprint density at radius 2 is 2.08 bits per heavy atom. The molecule has 1 saturated heterocycles. The summed E-state index contributed by atoms with van der Waals surface area (Å²) in [4.78, 5) is 2.53. The van der Waals surface area contributed by atoms with Gasteiger partial charge in [0.15, 0.2) is 0 Å². The van der Waals surface area contributed by atoms with Gasteiger partial charge in [-0.3, -0.25) is 0 Å². The molecule has 1 heterocycles. The van der Waals surface area contributed by atoms with Crippen LogP contribution in [0.4, 0.5) is 0 Å². The smallest absolute Gasteiger partial charge is 0.0200 e. The fourth-order valence-electron chi connectivity index (χ4n) is 2.37. The van der Waals surface area contributed by atoms with Gasteiger partial charge in [-0.05, 0) is 31.7 Å². The average Bonchev–Trinajstić information content (AvgIpc) is 2.78. The SMILES string of the molecule is CN(CC1CC(C)(C)CN1)C1CC1. The van der Waals surface area contributed by atoms with Crippen LogP contribution < -0.4 is 5.32 Å². The molecule has 0 aromatic carbocycles. The van der Waals surface area contributed by atoms with Crippen molar-refractivity contribution in [1.29, 1.82) is 0 Å². The first-order valence-corrected chi connectivity index (χ1v) is 5.50. The maximum absolute atomic E-state index is 3.62. The van der Waals surface area contributed by atoms with Gasteiger partial charge in [-0.25, -0.2) is 0 Å². The predicted octanol–water partition coefficient (Wildman–Crippen LogP) is 1.47. The van der Waals surface area contributed by atoms with Crippen molar-refractivity contribution in [2.45, 2.75) is 45.2 Å². The molecule has 13 heavy (non-hydrogen) atoms. The molecular weight excluding hydrogens is 160 g/mol. The summed E-state index contributed by atoms with van der Waals surface area (Å²) < 4.78 is 0. The van der Waals surface area contributed by atoms with E-state index in [1.165, 1.54) is 32.4 Å². The molecule has 2 nitrogen and oxygen atoms in total. The molecule has 1 atom stereocenters. The minimum atomic E-state index is 0.523. The predicted molar refractivity (Wildman–Crippen MR) is 55.8 cm³/mol. The standard InChI is InChI=1S/C11H22N2/c1-11(2)6-9(12-8-11)7-13(3)10-4-5-10/h9-10,12H,4-8H2,1-3H3. The Labute approximate surface area is 81.7 Å². The molecule has 76 valence electrons. The zero-order chi connectivity index (χ0) is 9.47. The van der Waals surface area contributed by atoms with Gasteiger partial charge in [-0.15, -0.1) is 0 Å². The van der Waals surface area contributed by atoms with Gasteiger partial charge >= 0.3 is 0 Å². The second kappa shape index (κ2) is 3.25. The first kappa shape index (κ1) is 9.47. The Morgan fingerprint density at radius 1 is 1.38 bits per heavy atom. The van der Waals surface area contributed by atoms with Crippen LogP contribution in [0.2, 0.25) is 0 Å². The van der Waals surface area contributed by atoms with Crippen LogP contribution in [0, 0.1) is 5.41 Å². The van der Waals surface area contributed by atoms with Gasteiger partial charge in [0.25, 0.3) is 0 Å². The highest BCUT2D eigenvalue weighted by atomic mass is 15.2. The molecule has 1 aliphatic carbocycles. The van der Waals surface area contributed by atoms with Gasteiger partial charge in [-0.1, -0.05) is 13.8 Å². The molecule has 2 rings (SSSR count). The summed E-state index contributed by atoms with van der Waals surface area (Å²) in [5.74, 6) is 0. The van der Waals surface area contributed by atoms with Gasteiger partial charge < -0.3 is 10.2 Å². The van der Waals surface area contributed by atoms with Gasteiger partial charge in [0.05, 0.1) is 0 Å². The average molecular weight is 182 g/mol. The second-order valence-electron chi connectivity index (χ2n) is 5.62. The van der Waals surface area contributed by atoms with Crippen LogP contribution in [0.25, 0.3) is 0 Å². The van der Waals surface area contributed by atoms with E-state index >= 15 is 0 Å². The van der Waals surface area contributed by atoms with Crippen LogP contribution in [0.3, 0.4) is 0 Å². The van der Waals surface area contributed by atoms with E-state index in [0.29, 0.717) is 5.41 Å². The van der Waals surface area contributed by atoms with Crippen LogP contribution in [-0.2, 0) is 0 Å². The highest BCUT2D eigenvalue weighted by Gasteiger charge is 2.33. The van der Waals surface area contributed by atoms with Crippen LogP contribution in [0.5, 0.6) is 0 Å². The lowest BCUT2D eigenvalue weighted by molar-refractivity contribution is 0.282. The molecule has 0 amide bonds. The molecule has 0 spiro atoms. The molecule has 1 unspecified atom stereocenters. The number of nitrogens with zero attached hydrogens (tertiary/aromatic N) is 1. The molecular formula is C11H22N2. The van der Waals surface area contributed by atoms with Gasteiger partial charge in [0, 0.05) is 25.2 Å². The summed E-state index contributed by atoms with van der Waals surface area (Å²) in [5, 5.41) is 3.62. The second-order valence-corrected chi connectivity index (χ2v) is 5.62. The highest BCUT2D eigenvalue weighted by molar-refractivity contribution is 4.91. The van der Waals surface area contributed by atoms with E-state index in [0.717, 1.165) is 12.1 Å². The molecule has 2 fully saturated rings. The van der Waals surface area contributed by atoms with Crippen LogP contribution in [0.15, 0.2) is 0 Å². The van der Waals surface area contributed by atoms with E-state index < -0.39 is 0 Å². The quantitative estimate of drug-likeness (QED) is 0.711. The Bertz CT molecular complexity index is 185. The van der Waals surface area contributed by atoms with Crippen molar-refractivity contribution >= 4 is 0 Å². The minimum Gasteiger partial charge on any atom is -0.312 e. The lowest BCUT2D eigenvalue weighted by atomic mass is 9.90. The molecule has 1 aliphatic heterocycles. The third-order valence-corrected chi connectivity index (χ3v) is 3.35. The zero-order valence-corrected chi connectivity index (χ0v) is 9.14. The zero-order valence-electron chi connectivity index (χ0n) is 9.14. The fraction of sp³-hybridized carbons (Fsp3) is 1.00. The molecule has 2 heteroatoms. The number of hydrogen-bond donors (Lipinski definition) is 1. The van der Waals surface area contributed by atoms with Crippen molar-refractivity contribution < 1.29 is 0 Å². The topological polar surface area (TPSA) is 15.3 Å². The van der Waals surface area contributed by atoms with Gasteiger partial charge in [0.2, 0.25) is 0 Å². The van der Waals surface area contributed by atoms with Crippen molar-refractivity contribution in [3.63, 3.8) is 0 Å². The molecule has 0 aromatic heterocycles. The highest BCUT2D eigenvalue weighted by Crippen LogP contribution is 2.30. The maximum atomic E-state index is 3.62. The Balaban J connectivity index is 1.76. The van der Waals surface area contributed by atoms with E-state index in [4.69, 9.17) is 0 Å². The maximum Gasteiger partial charge on any atom is 0.0200 e. The van der Waals surface area contributed by atoms with Crippen molar-refractivity contribution in [2.24, 2.45) is 5.41 Å². The summed E-state index contributed by atoms with van der Waals surface area (Å²) in [7, 11) is 2.27. The van der Waals surface area contributed by atoms with E-state index in [1.54, 1.807) is 0 Å². The third kappa shape index (κ3) is 2.44. The van der Waals surface area contributed by atoms with E-state index in [9.17, 15) is 0 Å². The van der Waals surface area contributed by atoms with Gasteiger partial charge in [-0.2, -0.15) is 0 Å². The van der Waals surface area contributed by atoms with Crippen molar-refractivity contribution in [2.75, 3.05) is 20.1 Å². The number of rotatable bonds is 3. The van der Waals surface area contributed by atoms with Crippen LogP contribution in [0.1, 0.15) is 33.1 Å². The Hall–Kier alpha value is -0.0800. The summed E-state index contributed by atoms with van der Waals surface area (Å²) in [5.41, 5.74) is 0.523. The minimum absolute atomic E-state index is 0.523. The molecule has 0 radical (unpaired) electrons. The largest absolute Gasteiger partial charge is 0.312 e. The van der Waals surface area contributed by atoms with Gasteiger partial charge in [0.1, 0.15) is 0 Å². The Morgan fingerprint density at radius 3 is 2.54 bits per heavy atom. The lowest BCUT2D eigenvalue weighted by Crippen LogP contribution is -2.36. The molecule has 1 N–H and O–H groups in total. The van der Waals surface area contributed by atoms with Crippen molar-refractivity contribution in [3.05, 3.63) is 0 Å². The van der Waals surface area contributed by atoms with Crippen molar-refractivity contribution in [3.8, 4) is 0 Å². The summed E-state index contributed by atoms with van der Waals surface area (Å²) in [6.07, 6.45) is 4.18. The van der Waals surface area contributed by atoms with Crippen LogP contribution in [-0.4, -0.2) is 37.1 Å². The summed E-state index contributed by atoms with van der Waals surface area (Å²) >= 11 is 0. The molecule has 1 saturated carbocycles. The van der Waals surface area contributed by atoms with Crippen LogP contribution >= 0.6 is 0 Å². The third-order valence-electron chi connectivity index (χ3n) is 3.35. The van der Waals surface area contributed by atoms with E-state index in [2.05, 4.69) is 31.1 Å². The lowest BCUT2D eigenvalue weighted by Gasteiger charge is -2.21. The first-order valence-electron chi connectivity index (χ1n) is 5.50. The molecule has 0 aromatic rings. The summed E-state index contributed by atoms with van der Waals surface area (Å²) in [6, 6.07) is 1.64. The molecule has 0 bridgehead atoms.